The van der Waals surface area contributed by atoms with E-state index in [2.05, 4.69) is 10.6 Å². The number of amides is 1. The van der Waals surface area contributed by atoms with Crippen LogP contribution in [0.4, 0.5) is 0 Å². The molecular formula is C12H15Cl3N2O. The van der Waals surface area contributed by atoms with E-state index in [4.69, 9.17) is 23.2 Å². The number of benzene rings is 1. The van der Waals surface area contributed by atoms with E-state index in [0.29, 0.717) is 15.6 Å². The van der Waals surface area contributed by atoms with Crippen LogP contribution in [0.2, 0.25) is 10.0 Å². The van der Waals surface area contributed by atoms with Crippen molar-refractivity contribution in [3.63, 3.8) is 0 Å². The summed E-state index contributed by atoms with van der Waals surface area (Å²) in [7, 11) is 0. The third kappa shape index (κ3) is 4.32. The highest BCUT2D eigenvalue weighted by Crippen LogP contribution is 2.19. The fraction of sp³-hybridized carbons (Fsp3) is 0.417. The summed E-state index contributed by atoms with van der Waals surface area (Å²) in [5.41, 5.74) is 0.507. The van der Waals surface area contributed by atoms with E-state index in [1.54, 1.807) is 18.2 Å². The van der Waals surface area contributed by atoms with Crippen LogP contribution in [0.15, 0.2) is 18.2 Å². The molecule has 1 aliphatic rings. The van der Waals surface area contributed by atoms with Crippen LogP contribution >= 0.6 is 35.6 Å². The molecule has 18 heavy (non-hydrogen) atoms. The average Bonchev–Trinajstić information content (AvgIpc) is 2.29. The minimum absolute atomic E-state index is 0. The average molecular weight is 310 g/mol. The van der Waals surface area contributed by atoms with Gasteiger partial charge in [0, 0.05) is 28.2 Å². The van der Waals surface area contributed by atoms with Gasteiger partial charge in [0.1, 0.15) is 0 Å². The Morgan fingerprint density at radius 1 is 1.28 bits per heavy atom. The highest BCUT2D eigenvalue weighted by atomic mass is 35.5. The molecule has 1 heterocycles. The van der Waals surface area contributed by atoms with Crippen LogP contribution in [0.25, 0.3) is 0 Å². The molecule has 0 spiro atoms. The summed E-state index contributed by atoms with van der Waals surface area (Å²) in [6.45, 7) is 1.84. The smallest absolute Gasteiger partial charge is 0.251 e. The molecule has 1 aliphatic heterocycles. The fourth-order valence-corrected chi connectivity index (χ4v) is 2.45. The third-order valence-corrected chi connectivity index (χ3v) is 3.19. The predicted octanol–water partition coefficient (Wildman–Crippen LogP) is 2.90. The first-order chi connectivity index (χ1) is 8.15. The molecule has 0 saturated carbocycles. The Hall–Kier alpha value is -0.480. The first kappa shape index (κ1) is 15.6. The summed E-state index contributed by atoms with van der Waals surface area (Å²) >= 11 is 11.7. The van der Waals surface area contributed by atoms with Crippen molar-refractivity contribution in [2.24, 2.45) is 0 Å². The molecule has 0 unspecified atom stereocenters. The number of nitrogens with one attached hydrogen (secondary N) is 2. The second kappa shape index (κ2) is 7.19. The SMILES string of the molecule is Cl.O=C(N[C@H]1CCCNC1)c1cc(Cl)cc(Cl)c1. The van der Waals surface area contributed by atoms with E-state index in [0.717, 1.165) is 25.9 Å². The van der Waals surface area contributed by atoms with Gasteiger partial charge in [-0.15, -0.1) is 12.4 Å². The summed E-state index contributed by atoms with van der Waals surface area (Å²) in [6.07, 6.45) is 2.09. The molecule has 1 saturated heterocycles. The molecule has 6 heteroatoms. The molecule has 1 aromatic rings. The van der Waals surface area contributed by atoms with Crippen LogP contribution in [0.5, 0.6) is 0 Å². The van der Waals surface area contributed by atoms with Gasteiger partial charge in [0.15, 0.2) is 0 Å². The largest absolute Gasteiger partial charge is 0.348 e. The molecule has 0 radical (unpaired) electrons. The fourth-order valence-electron chi connectivity index (χ4n) is 1.93. The predicted molar refractivity (Wildman–Crippen MR) is 77.1 cm³/mol. The first-order valence-electron chi connectivity index (χ1n) is 5.63. The first-order valence-corrected chi connectivity index (χ1v) is 6.38. The maximum atomic E-state index is 12.0. The summed E-state index contributed by atoms with van der Waals surface area (Å²) in [4.78, 5) is 12.0. The molecule has 1 fully saturated rings. The van der Waals surface area contributed by atoms with Gasteiger partial charge in [0.2, 0.25) is 0 Å². The number of carbonyl (C=O) groups excluding carboxylic acids is 1. The minimum Gasteiger partial charge on any atom is -0.348 e. The second-order valence-corrected chi connectivity index (χ2v) is 5.05. The van der Waals surface area contributed by atoms with Gasteiger partial charge in [-0.25, -0.2) is 0 Å². The zero-order chi connectivity index (χ0) is 12.3. The Bertz CT molecular complexity index is 400. The number of halogens is 3. The van der Waals surface area contributed by atoms with Crippen molar-refractivity contribution in [1.82, 2.24) is 10.6 Å². The molecular weight excluding hydrogens is 295 g/mol. The lowest BCUT2D eigenvalue weighted by atomic mass is 10.1. The lowest BCUT2D eigenvalue weighted by molar-refractivity contribution is 0.0930. The van der Waals surface area contributed by atoms with E-state index in [1.807, 2.05) is 0 Å². The van der Waals surface area contributed by atoms with E-state index in [9.17, 15) is 4.79 Å². The molecule has 1 atom stereocenters. The van der Waals surface area contributed by atoms with Gasteiger partial charge in [-0.1, -0.05) is 23.2 Å². The van der Waals surface area contributed by atoms with Crippen LogP contribution in [-0.2, 0) is 0 Å². The van der Waals surface area contributed by atoms with Crippen LogP contribution in [-0.4, -0.2) is 25.0 Å². The van der Waals surface area contributed by atoms with Crippen LogP contribution in [0, 0.1) is 0 Å². The Kier molecular flexibility index (Phi) is 6.22. The number of carbonyl (C=O) groups is 1. The van der Waals surface area contributed by atoms with Crippen molar-refractivity contribution in [3.8, 4) is 0 Å². The molecule has 0 aliphatic carbocycles. The van der Waals surface area contributed by atoms with Crippen LogP contribution < -0.4 is 10.6 Å². The Labute approximate surface area is 123 Å². The van der Waals surface area contributed by atoms with E-state index in [1.165, 1.54) is 0 Å². The van der Waals surface area contributed by atoms with Crippen molar-refractivity contribution in [1.29, 1.82) is 0 Å². The topological polar surface area (TPSA) is 41.1 Å². The van der Waals surface area contributed by atoms with Crippen LogP contribution in [0.3, 0.4) is 0 Å². The van der Waals surface area contributed by atoms with E-state index >= 15 is 0 Å². The van der Waals surface area contributed by atoms with E-state index in [-0.39, 0.29) is 24.4 Å². The second-order valence-electron chi connectivity index (χ2n) is 4.17. The van der Waals surface area contributed by atoms with Crippen molar-refractivity contribution >= 4 is 41.5 Å². The maximum absolute atomic E-state index is 12.0. The van der Waals surface area contributed by atoms with Gasteiger partial charge in [0.05, 0.1) is 0 Å². The number of rotatable bonds is 2. The van der Waals surface area contributed by atoms with Crippen molar-refractivity contribution in [2.45, 2.75) is 18.9 Å². The zero-order valence-electron chi connectivity index (χ0n) is 9.71. The standard InChI is InChI=1S/C12H14Cl2N2O.ClH/c13-9-4-8(5-10(14)6-9)12(17)16-11-2-1-3-15-7-11;/h4-6,11,15H,1-3,7H2,(H,16,17);1H/t11-;/m0./s1. The molecule has 2 N–H and O–H groups in total. The van der Waals surface area contributed by atoms with Crippen molar-refractivity contribution in [2.75, 3.05) is 13.1 Å². The summed E-state index contributed by atoms with van der Waals surface area (Å²) in [5, 5.41) is 7.17. The molecule has 1 amide bonds. The molecule has 100 valence electrons. The molecule has 0 aromatic heterocycles. The molecule has 2 rings (SSSR count). The Balaban J connectivity index is 0.00000162. The zero-order valence-corrected chi connectivity index (χ0v) is 12.0. The quantitative estimate of drug-likeness (QED) is 0.882. The third-order valence-electron chi connectivity index (χ3n) is 2.76. The molecule has 3 nitrogen and oxygen atoms in total. The van der Waals surface area contributed by atoms with Gasteiger partial charge in [-0.2, -0.15) is 0 Å². The van der Waals surface area contributed by atoms with Gasteiger partial charge in [0.25, 0.3) is 5.91 Å². The normalized spacial score (nSPS) is 18.9. The molecule has 1 aromatic carbocycles. The van der Waals surface area contributed by atoms with Gasteiger partial charge in [-0.3, -0.25) is 4.79 Å². The monoisotopic (exact) mass is 308 g/mol. The van der Waals surface area contributed by atoms with Crippen molar-refractivity contribution < 1.29 is 4.79 Å². The summed E-state index contributed by atoms with van der Waals surface area (Å²) in [6, 6.07) is 5.05. The maximum Gasteiger partial charge on any atom is 0.251 e. The number of hydrogen-bond donors (Lipinski definition) is 2. The lowest BCUT2D eigenvalue weighted by Gasteiger charge is -2.23. The van der Waals surface area contributed by atoms with E-state index < -0.39 is 0 Å². The van der Waals surface area contributed by atoms with Crippen LogP contribution in [0.1, 0.15) is 23.2 Å². The summed E-state index contributed by atoms with van der Waals surface area (Å²) < 4.78 is 0. The van der Waals surface area contributed by atoms with Gasteiger partial charge < -0.3 is 10.6 Å². The van der Waals surface area contributed by atoms with Gasteiger partial charge >= 0.3 is 0 Å². The minimum atomic E-state index is -0.122. The highest BCUT2D eigenvalue weighted by molar-refractivity contribution is 6.35. The van der Waals surface area contributed by atoms with Crippen molar-refractivity contribution in [3.05, 3.63) is 33.8 Å². The highest BCUT2D eigenvalue weighted by Gasteiger charge is 2.16. The van der Waals surface area contributed by atoms with Gasteiger partial charge in [-0.05, 0) is 37.6 Å². The Morgan fingerprint density at radius 3 is 2.50 bits per heavy atom. The lowest BCUT2D eigenvalue weighted by Crippen LogP contribution is -2.45. The summed E-state index contributed by atoms with van der Waals surface area (Å²) in [5.74, 6) is -0.122. The number of piperidine rings is 1. The number of hydrogen-bond acceptors (Lipinski definition) is 2. The molecule has 0 bridgehead atoms. The Morgan fingerprint density at radius 2 is 1.94 bits per heavy atom.